The van der Waals surface area contributed by atoms with Crippen LogP contribution in [0.2, 0.25) is 0 Å². The van der Waals surface area contributed by atoms with Gasteiger partial charge in [0.05, 0.1) is 9.77 Å². The number of carbonyl (C=O) groups excluding carboxylic acids is 1. The van der Waals surface area contributed by atoms with Crippen molar-refractivity contribution in [3.63, 3.8) is 0 Å². The minimum atomic E-state index is -3.63. The van der Waals surface area contributed by atoms with Crippen molar-refractivity contribution in [2.75, 3.05) is 5.32 Å². The highest BCUT2D eigenvalue weighted by Gasteiger charge is 2.21. The number of benzene rings is 1. The van der Waals surface area contributed by atoms with Gasteiger partial charge in [0.15, 0.2) is 0 Å². The fourth-order valence-corrected chi connectivity index (χ4v) is 4.81. The molecule has 0 saturated carbocycles. The number of pyridine rings is 1. The number of nitrogens with zero attached hydrogens (tertiary/aromatic N) is 1. The van der Waals surface area contributed by atoms with E-state index in [2.05, 4.69) is 10.3 Å². The first-order chi connectivity index (χ1) is 11.9. The number of thiophene rings is 1. The van der Waals surface area contributed by atoms with Gasteiger partial charge in [-0.2, -0.15) is 0 Å². The van der Waals surface area contributed by atoms with E-state index in [-0.39, 0.29) is 15.0 Å². The Morgan fingerprint density at radius 3 is 2.40 bits per heavy atom. The monoisotopic (exact) mass is 372 g/mol. The van der Waals surface area contributed by atoms with E-state index in [0.29, 0.717) is 10.7 Å². The summed E-state index contributed by atoms with van der Waals surface area (Å²) in [7, 11) is -3.63. The van der Waals surface area contributed by atoms with Crippen molar-refractivity contribution in [1.82, 2.24) is 4.98 Å². The van der Waals surface area contributed by atoms with Crippen LogP contribution in [-0.4, -0.2) is 19.3 Å². The molecular formula is C18H16N2O3S2. The van der Waals surface area contributed by atoms with Crippen LogP contribution < -0.4 is 5.32 Å². The molecule has 2 heterocycles. The summed E-state index contributed by atoms with van der Waals surface area (Å²) in [5.74, 6) is 0.0507. The second-order valence-corrected chi connectivity index (χ2v) is 8.81. The van der Waals surface area contributed by atoms with Crippen molar-refractivity contribution in [2.45, 2.75) is 23.0 Å². The first kappa shape index (κ1) is 17.3. The highest BCUT2D eigenvalue weighted by molar-refractivity contribution is 7.93. The number of hydrogen-bond donors (Lipinski definition) is 1. The van der Waals surface area contributed by atoms with Gasteiger partial charge in [0.25, 0.3) is 5.91 Å². The topological polar surface area (TPSA) is 76.1 Å². The number of amides is 1. The smallest absolute Gasteiger partial charge is 0.266 e. The summed E-state index contributed by atoms with van der Waals surface area (Å²) in [6, 6.07) is 14.9. The fourth-order valence-electron chi connectivity index (χ4n) is 2.21. The predicted molar refractivity (Wildman–Crippen MR) is 97.9 cm³/mol. The summed E-state index contributed by atoms with van der Waals surface area (Å²) < 4.78 is 25.4. The largest absolute Gasteiger partial charge is 0.306 e. The summed E-state index contributed by atoms with van der Waals surface area (Å²) in [6.45, 7) is 3.72. The van der Waals surface area contributed by atoms with Crippen LogP contribution in [-0.2, 0) is 9.84 Å². The maximum atomic E-state index is 12.7. The van der Waals surface area contributed by atoms with Gasteiger partial charge in [-0.05, 0) is 50.2 Å². The first-order valence-corrected chi connectivity index (χ1v) is 9.83. The third-order valence-electron chi connectivity index (χ3n) is 3.53. The molecule has 3 aromatic rings. The van der Waals surface area contributed by atoms with E-state index >= 15 is 0 Å². The lowest BCUT2D eigenvalue weighted by molar-refractivity contribution is 0.103. The van der Waals surface area contributed by atoms with Crippen molar-refractivity contribution in [3.05, 3.63) is 70.7 Å². The van der Waals surface area contributed by atoms with E-state index < -0.39 is 9.84 Å². The van der Waals surface area contributed by atoms with Crippen LogP contribution in [0.4, 0.5) is 5.82 Å². The molecule has 0 aliphatic rings. The zero-order valence-electron chi connectivity index (χ0n) is 13.7. The molecule has 2 aromatic heterocycles. The van der Waals surface area contributed by atoms with Crippen LogP contribution in [0.1, 0.15) is 20.9 Å². The van der Waals surface area contributed by atoms with E-state index in [1.807, 2.05) is 19.9 Å². The molecule has 0 unspecified atom stereocenters. The molecule has 0 spiro atoms. The lowest BCUT2D eigenvalue weighted by Gasteiger charge is -2.03. The fraction of sp³-hybridized carbons (Fsp3) is 0.111. The lowest BCUT2D eigenvalue weighted by Crippen LogP contribution is -2.11. The Kier molecular flexibility index (Phi) is 4.69. The molecule has 0 bridgehead atoms. The van der Waals surface area contributed by atoms with Crippen LogP contribution >= 0.6 is 11.3 Å². The van der Waals surface area contributed by atoms with Crippen LogP contribution in [0.5, 0.6) is 0 Å². The van der Waals surface area contributed by atoms with Crippen molar-refractivity contribution in [3.8, 4) is 0 Å². The molecule has 25 heavy (non-hydrogen) atoms. The van der Waals surface area contributed by atoms with Gasteiger partial charge in [0.2, 0.25) is 9.84 Å². The molecule has 5 nitrogen and oxygen atoms in total. The van der Waals surface area contributed by atoms with Crippen LogP contribution in [0.15, 0.2) is 63.7 Å². The van der Waals surface area contributed by atoms with Gasteiger partial charge in [-0.1, -0.05) is 23.8 Å². The lowest BCUT2D eigenvalue weighted by atomic mass is 10.2. The summed E-state index contributed by atoms with van der Waals surface area (Å²) in [5.41, 5.74) is 1.77. The molecule has 1 amide bonds. The van der Waals surface area contributed by atoms with Crippen molar-refractivity contribution >= 4 is 32.9 Å². The number of sulfone groups is 1. The molecule has 1 N–H and O–H groups in total. The zero-order chi connectivity index (χ0) is 18.0. The van der Waals surface area contributed by atoms with Crippen LogP contribution in [0, 0.1) is 13.8 Å². The van der Waals surface area contributed by atoms with Crippen LogP contribution in [0.25, 0.3) is 0 Å². The summed E-state index contributed by atoms with van der Waals surface area (Å²) in [6.07, 6.45) is 0. The molecule has 1 aromatic carbocycles. The summed E-state index contributed by atoms with van der Waals surface area (Å²) in [4.78, 5) is 17.0. The number of nitrogens with one attached hydrogen (secondary N) is 1. The number of hydrogen-bond acceptors (Lipinski definition) is 5. The van der Waals surface area contributed by atoms with E-state index in [4.69, 9.17) is 0 Å². The van der Waals surface area contributed by atoms with Gasteiger partial charge in [0, 0.05) is 5.69 Å². The van der Waals surface area contributed by atoms with Gasteiger partial charge in [-0.25, -0.2) is 13.4 Å². The third-order valence-corrected chi connectivity index (χ3v) is 6.88. The number of aryl methyl sites for hydroxylation is 2. The molecule has 7 heteroatoms. The highest BCUT2D eigenvalue weighted by atomic mass is 32.2. The normalized spacial score (nSPS) is 11.3. The van der Waals surface area contributed by atoms with Crippen molar-refractivity contribution < 1.29 is 13.2 Å². The van der Waals surface area contributed by atoms with Gasteiger partial charge in [-0.15, -0.1) is 11.3 Å². The SMILES string of the molecule is Cc1ccc(S(=O)(=O)c2ccc(C(=O)Nc3cccc(C)n3)s2)cc1. The summed E-state index contributed by atoms with van der Waals surface area (Å²) in [5, 5.41) is 2.68. The second kappa shape index (κ2) is 6.78. The van der Waals surface area contributed by atoms with Gasteiger partial charge in [-0.3, -0.25) is 4.79 Å². The van der Waals surface area contributed by atoms with Crippen LogP contribution in [0.3, 0.4) is 0 Å². The third kappa shape index (κ3) is 3.78. The second-order valence-electron chi connectivity index (χ2n) is 5.55. The summed E-state index contributed by atoms with van der Waals surface area (Å²) >= 11 is 0.943. The predicted octanol–water partition coefficient (Wildman–Crippen LogP) is 3.85. The molecule has 0 radical (unpaired) electrons. The van der Waals surface area contributed by atoms with E-state index in [1.54, 1.807) is 36.4 Å². The molecule has 0 aliphatic heterocycles. The number of carbonyl (C=O) groups is 1. The molecule has 3 rings (SSSR count). The molecular weight excluding hydrogens is 356 g/mol. The number of aromatic nitrogens is 1. The minimum absolute atomic E-state index is 0.138. The maximum Gasteiger partial charge on any atom is 0.266 e. The molecule has 0 saturated heterocycles. The zero-order valence-corrected chi connectivity index (χ0v) is 15.3. The average molecular weight is 372 g/mol. The molecule has 0 aliphatic carbocycles. The number of rotatable bonds is 4. The van der Waals surface area contributed by atoms with Gasteiger partial charge in [0.1, 0.15) is 10.0 Å². The van der Waals surface area contributed by atoms with Crippen molar-refractivity contribution in [1.29, 1.82) is 0 Å². The Labute approximate surface area is 150 Å². The standard InChI is InChI=1S/C18H16N2O3S2/c1-12-6-8-14(9-7-12)25(22,23)17-11-10-15(24-17)18(21)20-16-5-3-4-13(2)19-16/h3-11H,1-2H3,(H,19,20,21). The quantitative estimate of drug-likeness (QED) is 0.755. The van der Waals surface area contributed by atoms with E-state index in [0.717, 1.165) is 22.6 Å². The Hall–Kier alpha value is -2.51. The molecule has 0 fully saturated rings. The number of anilines is 1. The van der Waals surface area contributed by atoms with Crippen molar-refractivity contribution in [2.24, 2.45) is 0 Å². The Bertz CT molecular complexity index is 1020. The van der Waals surface area contributed by atoms with Gasteiger partial charge < -0.3 is 5.32 Å². The van der Waals surface area contributed by atoms with E-state index in [9.17, 15) is 13.2 Å². The minimum Gasteiger partial charge on any atom is -0.306 e. The Morgan fingerprint density at radius 1 is 1.00 bits per heavy atom. The first-order valence-electron chi connectivity index (χ1n) is 7.53. The highest BCUT2D eigenvalue weighted by Crippen LogP contribution is 2.28. The Morgan fingerprint density at radius 2 is 1.72 bits per heavy atom. The maximum absolute atomic E-state index is 12.7. The molecule has 0 atom stereocenters. The molecule has 128 valence electrons. The van der Waals surface area contributed by atoms with E-state index in [1.165, 1.54) is 12.1 Å². The Balaban J connectivity index is 1.84. The average Bonchev–Trinajstić information content (AvgIpc) is 3.06. The van der Waals surface area contributed by atoms with Gasteiger partial charge >= 0.3 is 0 Å².